The molecule has 1 aliphatic carbocycles. The molecular weight excluding hydrogens is 368 g/mol. The summed E-state index contributed by atoms with van der Waals surface area (Å²) in [7, 11) is 0. The summed E-state index contributed by atoms with van der Waals surface area (Å²) in [6.07, 6.45) is 2.00. The van der Waals surface area contributed by atoms with Crippen LogP contribution in [0.1, 0.15) is 65.8 Å². The Morgan fingerprint density at radius 2 is 1.97 bits per heavy atom. The normalized spacial score (nSPS) is 14.7. The van der Waals surface area contributed by atoms with Crippen LogP contribution in [-0.4, -0.2) is 20.4 Å². The third-order valence-electron chi connectivity index (χ3n) is 5.45. The van der Waals surface area contributed by atoms with Crippen molar-refractivity contribution >= 4 is 16.9 Å². The van der Waals surface area contributed by atoms with Crippen molar-refractivity contribution in [2.45, 2.75) is 52.1 Å². The van der Waals surface area contributed by atoms with Crippen molar-refractivity contribution < 1.29 is 4.79 Å². The zero-order valence-corrected chi connectivity index (χ0v) is 16.8. The molecule has 0 saturated heterocycles. The lowest BCUT2D eigenvalue weighted by molar-refractivity contribution is 0.0941. The smallest absolute Gasteiger partial charge is 0.329 e. The molecule has 29 heavy (non-hydrogen) atoms. The van der Waals surface area contributed by atoms with Crippen molar-refractivity contribution in [3.8, 4) is 0 Å². The minimum atomic E-state index is -0.585. The zero-order valence-electron chi connectivity index (χ0n) is 16.8. The molecule has 7 heteroatoms. The number of fused-ring (bicyclic) bond motifs is 1. The van der Waals surface area contributed by atoms with E-state index in [-0.39, 0.29) is 34.5 Å². The summed E-state index contributed by atoms with van der Waals surface area (Å²) in [5.41, 5.74) is 2.33. The summed E-state index contributed by atoms with van der Waals surface area (Å²) in [5.74, 6) is -0.0701. The maximum atomic E-state index is 13.2. The average Bonchev–Trinajstić information content (AvgIpc) is 3.53. The Morgan fingerprint density at radius 3 is 2.59 bits per heavy atom. The number of hydrogen-bond acceptors (Lipinski definition) is 4. The standard InChI is InChI=1S/C22H24N4O3/c1-4-26-19-18(21(28)25-22(26)29)16(11-17(24-19)15-9-10-15)20(27)23-13(3)14-7-5-12(2)6-8-14/h5-8,11,13,15H,4,9-10H2,1-3H3,(H,23,27)(H,25,28,29). The molecule has 1 saturated carbocycles. The molecule has 1 atom stereocenters. The van der Waals surface area contributed by atoms with E-state index in [4.69, 9.17) is 0 Å². The first-order valence-corrected chi connectivity index (χ1v) is 9.94. The molecule has 7 nitrogen and oxygen atoms in total. The van der Waals surface area contributed by atoms with Gasteiger partial charge in [0.1, 0.15) is 0 Å². The van der Waals surface area contributed by atoms with Gasteiger partial charge in [0.2, 0.25) is 0 Å². The number of aryl methyl sites for hydroxylation is 2. The van der Waals surface area contributed by atoms with E-state index in [9.17, 15) is 14.4 Å². The van der Waals surface area contributed by atoms with Gasteiger partial charge in [-0.3, -0.25) is 19.1 Å². The van der Waals surface area contributed by atoms with Gasteiger partial charge in [0.25, 0.3) is 11.5 Å². The molecule has 2 heterocycles. The van der Waals surface area contributed by atoms with E-state index in [2.05, 4.69) is 15.3 Å². The fourth-order valence-electron chi connectivity index (χ4n) is 3.57. The number of amides is 1. The quantitative estimate of drug-likeness (QED) is 0.698. The SMILES string of the molecule is CCn1c(=O)[nH]c(=O)c2c(C(=O)NC(C)c3ccc(C)cc3)cc(C3CC3)nc21. The summed E-state index contributed by atoms with van der Waals surface area (Å²) < 4.78 is 1.41. The van der Waals surface area contributed by atoms with E-state index >= 15 is 0 Å². The molecule has 1 aliphatic rings. The second kappa shape index (κ2) is 7.31. The molecule has 2 aromatic heterocycles. The first-order valence-electron chi connectivity index (χ1n) is 9.94. The van der Waals surface area contributed by atoms with E-state index in [1.165, 1.54) is 4.57 Å². The van der Waals surface area contributed by atoms with E-state index in [0.717, 1.165) is 29.7 Å². The lowest BCUT2D eigenvalue weighted by Crippen LogP contribution is -2.33. The van der Waals surface area contributed by atoms with Crippen molar-refractivity contribution in [2.24, 2.45) is 0 Å². The van der Waals surface area contributed by atoms with Crippen molar-refractivity contribution in [1.82, 2.24) is 19.9 Å². The van der Waals surface area contributed by atoms with Crippen LogP contribution in [0.5, 0.6) is 0 Å². The Hall–Kier alpha value is -3.22. The lowest BCUT2D eigenvalue weighted by Gasteiger charge is -2.17. The van der Waals surface area contributed by atoms with Crippen LogP contribution in [0.2, 0.25) is 0 Å². The highest BCUT2D eigenvalue weighted by molar-refractivity contribution is 6.05. The highest BCUT2D eigenvalue weighted by atomic mass is 16.2. The van der Waals surface area contributed by atoms with Crippen LogP contribution in [0.4, 0.5) is 0 Å². The molecule has 150 valence electrons. The van der Waals surface area contributed by atoms with E-state index < -0.39 is 11.2 Å². The second-order valence-corrected chi connectivity index (χ2v) is 7.68. The van der Waals surface area contributed by atoms with E-state index in [1.54, 1.807) is 6.07 Å². The number of hydrogen-bond donors (Lipinski definition) is 2. The largest absolute Gasteiger partial charge is 0.345 e. The summed E-state index contributed by atoms with van der Waals surface area (Å²) in [6.45, 7) is 6.08. The third-order valence-corrected chi connectivity index (χ3v) is 5.45. The number of nitrogens with one attached hydrogen (secondary N) is 2. The Labute approximate surface area is 167 Å². The maximum absolute atomic E-state index is 13.2. The number of rotatable bonds is 5. The molecule has 0 bridgehead atoms. The van der Waals surface area contributed by atoms with Crippen LogP contribution in [0.25, 0.3) is 11.0 Å². The first-order chi connectivity index (χ1) is 13.9. The highest BCUT2D eigenvalue weighted by Gasteiger charge is 2.29. The van der Waals surface area contributed by atoms with Crippen molar-refractivity contribution in [1.29, 1.82) is 0 Å². The monoisotopic (exact) mass is 392 g/mol. The number of benzene rings is 1. The summed E-state index contributed by atoms with van der Waals surface area (Å²) >= 11 is 0. The Balaban J connectivity index is 1.81. The number of nitrogens with zero attached hydrogens (tertiary/aromatic N) is 2. The van der Waals surface area contributed by atoms with Crippen molar-refractivity contribution in [2.75, 3.05) is 0 Å². The van der Waals surface area contributed by atoms with Gasteiger partial charge < -0.3 is 5.32 Å². The highest BCUT2D eigenvalue weighted by Crippen LogP contribution is 2.39. The number of aromatic nitrogens is 3. The van der Waals surface area contributed by atoms with Crippen LogP contribution in [0.3, 0.4) is 0 Å². The van der Waals surface area contributed by atoms with Gasteiger partial charge in [-0.05, 0) is 45.2 Å². The summed E-state index contributed by atoms with van der Waals surface area (Å²) in [5, 5.41) is 3.14. The molecule has 0 aliphatic heterocycles. The van der Waals surface area contributed by atoms with Gasteiger partial charge in [0, 0.05) is 18.2 Å². The zero-order chi connectivity index (χ0) is 20.7. The molecule has 1 amide bonds. The van der Waals surface area contributed by atoms with Crippen LogP contribution < -0.4 is 16.6 Å². The average molecular weight is 392 g/mol. The predicted molar refractivity (Wildman–Crippen MR) is 111 cm³/mol. The summed E-state index contributed by atoms with van der Waals surface area (Å²) in [6, 6.07) is 9.42. The number of H-pyrrole nitrogens is 1. The minimum absolute atomic E-state index is 0.157. The second-order valence-electron chi connectivity index (χ2n) is 7.68. The fraction of sp³-hybridized carbons (Fsp3) is 0.364. The van der Waals surface area contributed by atoms with Gasteiger partial charge in [-0.2, -0.15) is 0 Å². The van der Waals surface area contributed by atoms with Crippen LogP contribution in [0.15, 0.2) is 39.9 Å². The Kier molecular flexibility index (Phi) is 4.82. The lowest BCUT2D eigenvalue weighted by atomic mass is 10.0. The van der Waals surface area contributed by atoms with Gasteiger partial charge in [0.15, 0.2) is 5.65 Å². The number of aromatic amines is 1. The Morgan fingerprint density at radius 1 is 1.28 bits per heavy atom. The van der Waals surface area contributed by atoms with Gasteiger partial charge in [-0.25, -0.2) is 9.78 Å². The first kappa shape index (κ1) is 19.1. The number of carbonyl (C=O) groups excluding carboxylic acids is 1. The van der Waals surface area contributed by atoms with Gasteiger partial charge in [-0.15, -0.1) is 0 Å². The molecular formula is C22H24N4O3. The van der Waals surface area contributed by atoms with Crippen LogP contribution in [-0.2, 0) is 6.54 Å². The topological polar surface area (TPSA) is 96.9 Å². The van der Waals surface area contributed by atoms with Crippen LogP contribution >= 0.6 is 0 Å². The molecule has 0 spiro atoms. The molecule has 4 rings (SSSR count). The predicted octanol–water partition coefficient (Wildman–Crippen LogP) is 2.78. The molecule has 3 aromatic rings. The minimum Gasteiger partial charge on any atom is -0.345 e. The van der Waals surface area contributed by atoms with Crippen molar-refractivity contribution in [3.05, 3.63) is 73.6 Å². The number of pyridine rings is 1. The molecule has 1 unspecified atom stereocenters. The molecule has 1 fully saturated rings. The van der Waals surface area contributed by atoms with E-state index in [1.807, 2.05) is 45.0 Å². The van der Waals surface area contributed by atoms with E-state index in [0.29, 0.717) is 6.54 Å². The third kappa shape index (κ3) is 3.60. The number of carbonyl (C=O) groups is 1. The van der Waals surface area contributed by atoms with Gasteiger partial charge in [0.05, 0.1) is 17.0 Å². The molecule has 1 aromatic carbocycles. The van der Waals surface area contributed by atoms with Crippen molar-refractivity contribution in [3.63, 3.8) is 0 Å². The van der Waals surface area contributed by atoms with Crippen LogP contribution in [0, 0.1) is 6.92 Å². The fourth-order valence-corrected chi connectivity index (χ4v) is 3.57. The van der Waals surface area contributed by atoms with Gasteiger partial charge in [-0.1, -0.05) is 29.8 Å². The molecule has 0 radical (unpaired) electrons. The Bertz CT molecular complexity index is 1200. The summed E-state index contributed by atoms with van der Waals surface area (Å²) in [4.78, 5) is 44.9. The maximum Gasteiger partial charge on any atom is 0.329 e. The van der Waals surface area contributed by atoms with Gasteiger partial charge >= 0.3 is 5.69 Å². The molecule has 2 N–H and O–H groups in total.